The highest BCUT2D eigenvalue weighted by Gasteiger charge is 2.31. The summed E-state index contributed by atoms with van der Waals surface area (Å²) in [6.07, 6.45) is 0.603. The van der Waals surface area contributed by atoms with Gasteiger partial charge in [-0.2, -0.15) is 5.10 Å². The molecule has 0 bridgehead atoms. The molecule has 6 nitrogen and oxygen atoms in total. The number of hydrazone groups is 1. The second-order valence-electron chi connectivity index (χ2n) is 6.05. The van der Waals surface area contributed by atoms with Crippen LogP contribution in [0.15, 0.2) is 29.4 Å². The van der Waals surface area contributed by atoms with E-state index in [1.165, 1.54) is 17.1 Å². The average Bonchev–Trinajstić information content (AvgIpc) is 2.59. The van der Waals surface area contributed by atoms with Gasteiger partial charge in [-0.3, -0.25) is 9.59 Å². The Morgan fingerprint density at radius 3 is 2.79 bits per heavy atom. The Labute approximate surface area is 139 Å². The van der Waals surface area contributed by atoms with Gasteiger partial charge in [0.05, 0.1) is 25.8 Å². The van der Waals surface area contributed by atoms with E-state index in [0.29, 0.717) is 31.9 Å². The minimum absolute atomic E-state index is 0.00266. The minimum atomic E-state index is -0.329. The second kappa shape index (κ2) is 7.09. The molecule has 0 radical (unpaired) electrons. The summed E-state index contributed by atoms with van der Waals surface area (Å²) < 4.78 is 18.3. The van der Waals surface area contributed by atoms with E-state index in [9.17, 15) is 14.0 Å². The van der Waals surface area contributed by atoms with Crippen molar-refractivity contribution in [2.75, 3.05) is 19.8 Å². The van der Waals surface area contributed by atoms with E-state index < -0.39 is 0 Å². The molecule has 0 aliphatic carbocycles. The van der Waals surface area contributed by atoms with Crippen LogP contribution in [0.2, 0.25) is 0 Å². The molecule has 2 aliphatic heterocycles. The fourth-order valence-electron chi connectivity index (χ4n) is 2.84. The molecule has 1 atom stereocenters. The Morgan fingerprint density at radius 1 is 1.33 bits per heavy atom. The van der Waals surface area contributed by atoms with Crippen molar-refractivity contribution in [2.45, 2.75) is 32.4 Å². The zero-order valence-electron chi connectivity index (χ0n) is 13.6. The molecule has 1 fully saturated rings. The van der Waals surface area contributed by atoms with Gasteiger partial charge in [-0.1, -0.05) is 12.1 Å². The van der Waals surface area contributed by atoms with E-state index in [1.807, 2.05) is 6.92 Å². The van der Waals surface area contributed by atoms with Gasteiger partial charge in [0.2, 0.25) is 5.91 Å². The van der Waals surface area contributed by atoms with Crippen LogP contribution in [0.4, 0.5) is 4.39 Å². The lowest BCUT2D eigenvalue weighted by molar-refractivity contribution is -0.134. The molecule has 0 unspecified atom stereocenters. The van der Waals surface area contributed by atoms with Crippen LogP contribution in [-0.2, 0) is 20.9 Å². The van der Waals surface area contributed by atoms with Crippen molar-refractivity contribution < 1.29 is 18.7 Å². The first kappa shape index (κ1) is 16.6. The van der Waals surface area contributed by atoms with Gasteiger partial charge in [-0.15, -0.1) is 0 Å². The molecule has 7 heteroatoms. The van der Waals surface area contributed by atoms with Crippen LogP contribution in [0.5, 0.6) is 0 Å². The van der Waals surface area contributed by atoms with Gasteiger partial charge < -0.3 is 9.64 Å². The molecule has 128 valence electrons. The largest absolute Gasteiger partial charge is 0.377 e. The van der Waals surface area contributed by atoms with Crippen molar-refractivity contribution in [1.82, 2.24) is 9.91 Å². The highest BCUT2D eigenvalue weighted by Crippen LogP contribution is 2.17. The van der Waals surface area contributed by atoms with Gasteiger partial charge in [0.15, 0.2) is 0 Å². The number of ether oxygens (including phenoxy) is 1. The van der Waals surface area contributed by atoms with Crippen LogP contribution in [0.1, 0.15) is 25.3 Å². The number of hydrogen-bond acceptors (Lipinski definition) is 4. The lowest BCUT2D eigenvalue weighted by Gasteiger charge is -2.34. The number of rotatable bonds is 3. The molecule has 1 aromatic carbocycles. The van der Waals surface area contributed by atoms with E-state index in [0.717, 1.165) is 5.56 Å². The summed E-state index contributed by atoms with van der Waals surface area (Å²) in [5.41, 5.74) is 1.16. The summed E-state index contributed by atoms with van der Waals surface area (Å²) >= 11 is 0. The van der Waals surface area contributed by atoms with Crippen molar-refractivity contribution in [3.8, 4) is 0 Å². The predicted octanol–water partition coefficient (Wildman–Crippen LogP) is 1.55. The Balaban J connectivity index is 1.74. The number of hydrogen-bond donors (Lipinski definition) is 0. The van der Waals surface area contributed by atoms with Crippen LogP contribution < -0.4 is 0 Å². The molecule has 0 aromatic heterocycles. The third-order valence-electron chi connectivity index (χ3n) is 4.23. The summed E-state index contributed by atoms with van der Waals surface area (Å²) in [5, 5.41) is 5.57. The molecule has 2 amide bonds. The molecule has 0 saturated carbocycles. The van der Waals surface area contributed by atoms with Gasteiger partial charge in [-0.25, -0.2) is 9.40 Å². The fourth-order valence-corrected chi connectivity index (χ4v) is 2.84. The van der Waals surface area contributed by atoms with Gasteiger partial charge in [0.25, 0.3) is 5.91 Å². The van der Waals surface area contributed by atoms with E-state index in [2.05, 4.69) is 5.10 Å². The van der Waals surface area contributed by atoms with Crippen molar-refractivity contribution in [3.63, 3.8) is 0 Å². The molecule has 0 spiro atoms. The molecule has 0 N–H and O–H groups in total. The van der Waals surface area contributed by atoms with Crippen molar-refractivity contribution in [2.24, 2.45) is 5.10 Å². The average molecular weight is 333 g/mol. The zero-order chi connectivity index (χ0) is 17.1. The summed E-state index contributed by atoms with van der Waals surface area (Å²) in [7, 11) is 0. The third kappa shape index (κ3) is 3.62. The van der Waals surface area contributed by atoms with Crippen LogP contribution in [0, 0.1) is 5.82 Å². The summed E-state index contributed by atoms with van der Waals surface area (Å²) in [4.78, 5) is 26.5. The summed E-state index contributed by atoms with van der Waals surface area (Å²) in [6.45, 7) is 3.72. The maximum absolute atomic E-state index is 13.0. The number of morpholine rings is 1. The van der Waals surface area contributed by atoms with Crippen molar-refractivity contribution >= 4 is 17.5 Å². The van der Waals surface area contributed by atoms with Crippen molar-refractivity contribution in [1.29, 1.82) is 0 Å². The number of carbonyl (C=O) groups is 2. The van der Waals surface area contributed by atoms with Crippen LogP contribution in [-0.4, -0.2) is 53.2 Å². The maximum atomic E-state index is 13.0. The van der Waals surface area contributed by atoms with E-state index >= 15 is 0 Å². The SMILES string of the molecule is C[C@@H]1COCCN1C(=O)C1=NN(Cc2ccc(F)cc2)C(=O)CC1. The second-order valence-corrected chi connectivity index (χ2v) is 6.05. The number of halogens is 1. The van der Waals surface area contributed by atoms with Crippen LogP contribution >= 0.6 is 0 Å². The van der Waals surface area contributed by atoms with Gasteiger partial charge >= 0.3 is 0 Å². The fraction of sp³-hybridized carbons (Fsp3) is 0.471. The normalized spacial score (nSPS) is 21.7. The van der Waals surface area contributed by atoms with Gasteiger partial charge in [0, 0.05) is 19.4 Å². The quantitative estimate of drug-likeness (QED) is 0.843. The molecule has 2 heterocycles. The number of amides is 2. The molecule has 2 aliphatic rings. The first-order valence-electron chi connectivity index (χ1n) is 8.05. The van der Waals surface area contributed by atoms with E-state index in [4.69, 9.17) is 4.74 Å². The molecule has 3 rings (SSSR count). The predicted molar refractivity (Wildman–Crippen MR) is 85.6 cm³/mol. The number of benzene rings is 1. The molecular weight excluding hydrogens is 313 g/mol. The Morgan fingerprint density at radius 2 is 2.08 bits per heavy atom. The maximum Gasteiger partial charge on any atom is 0.270 e. The van der Waals surface area contributed by atoms with Gasteiger partial charge in [0.1, 0.15) is 11.5 Å². The molecule has 24 heavy (non-hydrogen) atoms. The highest BCUT2D eigenvalue weighted by atomic mass is 19.1. The smallest absolute Gasteiger partial charge is 0.270 e. The summed E-state index contributed by atoms with van der Waals surface area (Å²) in [6, 6.07) is 5.90. The Bertz CT molecular complexity index is 660. The lowest BCUT2D eigenvalue weighted by Crippen LogP contribution is -2.50. The van der Waals surface area contributed by atoms with Crippen LogP contribution in [0.25, 0.3) is 0 Å². The Hall–Kier alpha value is -2.28. The Kier molecular flexibility index (Phi) is 4.89. The molecule has 1 saturated heterocycles. The number of nitrogens with zero attached hydrogens (tertiary/aromatic N) is 3. The first-order chi connectivity index (χ1) is 11.5. The summed E-state index contributed by atoms with van der Waals surface area (Å²) in [5.74, 6) is -0.599. The van der Waals surface area contributed by atoms with E-state index in [-0.39, 0.29) is 36.6 Å². The third-order valence-corrected chi connectivity index (χ3v) is 4.23. The molecule has 1 aromatic rings. The first-order valence-corrected chi connectivity index (χ1v) is 8.05. The lowest BCUT2D eigenvalue weighted by atomic mass is 10.1. The standard InChI is InChI=1S/C17H20FN3O3/c1-12-11-24-9-8-20(12)17(23)15-6-7-16(22)21(19-15)10-13-2-4-14(18)5-3-13/h2-5,12H,6-11H2,1H3/t12-/m1/s1. The van der Waals surface area contributed by atoms with E-state index in [1.54, 1.807) is 17.0 Å². The van der Waals surface area contributed by atoms with Crippen LogP contribution in [0.3, 0.4) is 0 Å². The number of carbonyl (C=O) groups excluding carboxylic acids is 2. The minimum Gasteiger partial charge on any atom is -0.377 e. The highest BCUT2D eigenvalue weighted by molar-refractivity contribution is 6.39. The van der Waals surface area contributed by atoms with Gasteiger partial charge in [-0.05, 0) is 24.6 Å². The topological polar surface area (TPSA) is 62.2 Å². The monoisotopic (exact) mass is 333 g/mol. The molecular formula is C17H20FN3O3. The van der Waals surface area contributed by atoms with Crippen molar-refractivity contribution in [3.05, 3.63) is 35.6 Å². The zero-order valence-corrected chi connectivity index (χ0v) is 13.6.